The highest BCUT2D eigenvalue weighted by Gasteiger charge is 2.45. The third-order valence-electron chi connectivity index (χ3n) is 5.53. The van der Waals surface area contributed by atoms with Crippen molar-refractivity contribution in [1.82, 2.24) is 0 Å². The van der Waals surface area contributed by atoms with Gasteiger partial charge in [0.2, 0.25) is 5.91 Å². The molecular formula is C19H27NO. The fourth-order valence-corrected chi connectivity index (χ4v) is 4.70. The van der Waals surface area contributed by atoms with Crippen molar-refractivity contribution in [2.75, 3.05) is 4.90 Å². The van der Waals surface area contributed by atoms with Crippen molar-refractivity contribution in [2.45, 2.75) is 77.2 Å². The summed E-state index contributed by atoms with van der Waals surface area (Å²) < 4.78 is 0. The molecule has 1 atom stereocenters. The van der Waals surface area contributed by atoms with E-state index in [0.717, 1.165) is 6.42 Å². The molecule has 2 nitrogen and oxygen atoms in total. The molecule has 0 saturated heterocycles. The quantitative estimate of drug-likeness (QED) is 0.660. The molecule has 1 aliphatic carbocycles. The van der Waals surface area contributed by atoms with Crippen molar-refractivity contribution in [3.8, 4) is 0 Å². The van der Waals surface area contributed by atoms with Crippen LogP contribution in [0.2, 0.25) is 0 Å². The zero-order valence-corrected chi connectivity index (χ0v) is 13.6. The predicted octanol–water partition coefficient (Wildman–Crippen LogP) is 4.95. The minimum atomic E-state index is 0.0703. The summed E-state index contributed by atoms with van der Waals surface area (Å²) in [6.45, 7) is 6.23. The van der Waals surface area contributed by atoms with E-state index in [2.05, 4.69) is 36.9 Å². The van der Waals surface area contributed by atoms with E-state index in [1.54, 1.807) is 6.92 Å². The molecule has 0 aromatic heterocycles. The maximum Gasteiger partial charge on any atom is 0.224 e. The molecule has 1 aromatic carbocycles. The maximum atomic E-state index is 12.5. The average molecular weight is 285 g/mol. The summed E-state index contributed by atoms with van der Waals surface area (Å²) in [5, 5.41) is 0. The molecule has 1 fully saturated rings. The first kappa shape index (κ1) is 14.6. The molecule has 0 bridgehead atoms. The highest BCUT2D eigenvalue weighted by molar-refractivity contribution is 5.95. The van der Waals surface area contributed by atoms with E-state index in [1.807, 2.05) is 0 Å². The van der Waals surface area contributed by atoms with Gasteiger partial charge in [0.25, 0.3) is 0 Å². The third-order valence-corrected chi connectivity index (χ3v) is 5.53. The summed E-state index contributed by atoms with van der Waals surface area (Å²) in [4.78, 5) is 14.7. The molecule has 114 valence electrons. The number of anilines is 1. The number of fused-ring (bicyclic) bond motifs is 1. The Morgan fingerprint density at radius 1 is 1.19 bits per heavy atom. The normalized spacial score (nSPS) is 24.5. The molecule has 0 unspecified atom stereocenters. The van der Waals surface area contributed by atoms with Gasteiger partial charge >= 0.3 is 0 Å². The molecule has 1 aliphatic heterocycles. The van der Waals surface area contributed by atoms with Crippen LogP contribution in [-0.2, 0) is 4.79 Å². The van der Waals surface area contributed by atoms with Crippen LogP contribution in [-0.4, -0.2) is 11.4 Å². The number of benzene rings is 1. The van der Waals surface area contributed by atoms with Crippen molar-refractivity contribution in [2.24, 2.45) is 0 Å². The molecule has 0 radical (unpaired) electrons. The van der Waals surface area contributed by atoms with Crippen LogP contribution in [0, 0.1) is 6.92 Å². The van der Waals surface area contributed by atoms with Crippen molar-refractivity contribution in [3.05, 3.63) is 29.3 Å². The highest BCUT2D eigenvalue weighted by Crippen LogP contribution is 2.50. The number of hydrogen-bond acceptors (Lipinski definition) is 1. The van der Waals surface area contributed by atoms with E-state index in [4.69, 9.17) is 0 Å². The molecule has 2 heteroatoms. The van der Waals surface area contributed by atoms with Gasteiger partial charge in [0.1, 0.15) is 0 Å². The number of aryl methyl sites for hydroxylation is 1. The minimum Gasteiger partial charge on any atom is -0.306 e. The number of nitrogens with zero attached hydrogens (tertiary/aromatic N) is 1. The first-order chi connectivity index (χ1) is 10.1. The van der Waals surface area contributed by atoms with Crippen LogP contribution in [0.25, 0.3) is 0 Å². The van der Waals surface area contributed by atoms with E-state index >= 15 is 0 Å². The van der Waals surface area contributed by atoms with Crippen LogP contribution in [0.3, 0.4) is 0 Å². The first-order valence-corrected chi connectivity index (χ1v) is 8.45. The Labute approximate surface area is 128 Å². The van der Waals surface area contributed by atoms with Gasteiger partial charge in [-0.25, -0.2) is 0 Å². The number of hydrogen-bond donors (Lipinski definition) is 0. The number of amides is 1. The second kappa shape index (κ2) is 5.47. The molecule has 3 rings (SSSR count). The first-order valence-electron chi connectivity index (χ1n) is 8.45. The largest absolute Gasteiger partial charge is 0.306 e. The molecule has 1 saturated carbocycles. The average Bonchev–Trinajstić information content (AvgIpc) is 2.66. The van der Waals surface area contributed by atoms with E-state index in [9.17, 15) is 4.79 Å². The lowest BCUT2D eigenvalue weighted by Crippen LogP contribution is -2.55. The molecule has 1 amide bonds. The van der Waals surface area contributed by atoms with Gasteiger partial charge in [-0.2, -0.15) is 0 Å². The van der Waals surface area contributed by atoms with Crippen molar-refractivity contribution < 1.29 is 4.79 Å². The maximum absolute atomic E-state index is 12.5. The minimum absolute atomic E-state index is 0.0703. The van der Waals surface area contributed by atoms with Crippen molar-refractivity contribution in [1.29, 1.82) is 0 Å². The number of carbonyl (C=O) groups excluding carboxylic acids is 1. The lowest BCUT2D eigenvalue weighted by Gasteiger charge is -2.50. The second-order valence-electron chi connectivity index (χ2n) is 7.11. The molecular weight excluding hydrogens is 258 g/mol. The Bertz CT molecular complexity index is 540. The summed E-state index contributed by atoms with van der Waals surface area (Å²) in [5.74, 6) is 0.771. The topological polar surface area (TPSA) is 20.3 Å². The molecule has 2 aliphatic rings. The van der Waals surface area contributed by atoms with E-state index in [-0.39, 0.29) is 11.4 Å². The van der Waals surface area contributed by atoms with Crippen molar-refractivity contribution in [3.63, 3.8) is 0 Å². The van der Waals surface area contributed by atoms with Crippen LogP contribution in [0.4, 0.5) is 5.69 Å². The van der Waals surface area contributed by atoms with E-state index in [0.29, 0.717) is 5.92 Å². The summed E-state index contributed by atoms with van der Waals surface area (Å²) in [6.07, 6.45) is 8.64. The number of para-hydroxylation sites is 1. The Hall–Kier alpha value is -1.31. The fraction of sp³-hybridized carbons (Fsp3) is 0.632. The SMILES string of the molecule is CC(=O)N1c2c(C)cccc2[C@@H](C)CC12CCCCCC2. The van der Waals surface area contributed by atoms with Crippen molar-refractivity contribution >= 4 is 11.6 Å². The number of carbonyl (C=O) groups is 1. The summed E-state index contributed by atoms with van der Waals surface area (Å²) >= 11 is 0. The van der Waals surface area contributed by atoms with Crippen LogP contribution in [0.15, 0.2) is 18.2 Å². The Balaban J connectivity index is 2.15. The van der Waals surface area contributed by atoms with Gasteiger partial charge in [0.15, 0.2) is 0 Å². The second-order valence-corrected chi connectivity index (χ2v) is 7.11. The van der Waals surface area contributed by atoms with Gasteiger partial charge < -0.3 is 4.90 Å². The zero-order chi connectivity index (χ0) is 15.0. The van der Waals surface area contributed by atoms with Gasteiger partial charge in [-0.3, -0.25) is 4.79 Å². The highest BCUT2D eigenvalue weighted by atomic mass is 16.2. The zero-order valence-electron chi connectivity index (χ0n) is 13.6. The Morgan fingerprint density at radius 2 is 1.86 bits per heavy atom. The summed E-state index contributed by atoms with van der Waals surface area (Å²) in [5.41, 5.74) is 3.89. The van der Waals surface area contributed by atoms with E-state index in [1.165, 1.54) is 55.3 Å². The van der Waals surface area contributed by atoms with Gasteiger partial charge in [-0.1, -0.05) is 50.8 Å². The Kier molecular flexibility index (Phi) is 3.81. The van der Waals surface area contributed by atoms with Gasteiger partial charge in [-0.15, -0.1) is 0 Å². The standard InChI is InChI=1S/C19H27NO/c1-14-9-8-10-17-15(2)13-19(11-6-4-5-7-12-19)20(16(3)21)18(14)17/h8-10,15H,4-7,11-13H2,1-3H3/t15-/m0/s1. The summed E-state index contributed by atoms with van der Waals surface area (Å²) in [7, 11) is 0. The third kappa shape index (κ3) is 2.39. The Morgan fingerprint density at radius 3 is 2.48 bits per heavy atom. The molecule has 1 heterocycles. The lowest BCUT2D eigenvalue weighted by molar-refractivity contribution is -0.118. The van der Waals surface area contributed by atoms with Gasteiger partial charge in [-0.05, 0) is 43.2 Å². The van der Waals surface area contributed by atoms with Gasteiger partial charge in [0, 0.05) is 12.5 Å². The van der Waals surface area contributed by atoms with Crippen LogP contribution >= 0.6 is 0 Å². The van der Waals surface area contributed by atoms with Crippen LogP contribution in [0.5, 0.6) is 0 Å². The molecule has 1 aromatic rings. The molecule has 21 heavy (non-hydrogen) atoms. The van der Waals surface area contributed by atoms with Crippen LogP contribution in [0.1, 0.15) is 75.8 Å². The number of rotatable bonds is 0. The monoisotopic (exact) mass is 285 g/mol. The smallest absolute Gasteiger partial charge is 0.224 e. The molecule has 1 spiro atoms. The van der Waals surface area contributed by atoms with E-state index < -0.39 is 0 Å². The lowest BCUT2D eigenvalue weighted by atomic mass is 9.73. The predicted molar refractivity (Wildman–Crippen MR) is 87.8 cm³/mol. The summed E-state index contributed by atoms with van der Waals surface area (Å²) in [6, 6.07) is 6.50. The fourth-order valence-electron chi connectivity index (χ4n) is 4.70. The van der Waals surface area contributed by atoms with Gasteiger partial charge in [0.05, 0.1) is 5.69 Å². The molecule has 0 N–H and O–H groups in total. The van der Waals surface area contributed by atoms with Crippen LogP contribution < -0.4 is 4.90 Å².